The molecule has 0 amide bonds. The molecule has 94 valence electrons. The van der Waals surface area contributed by atoms with Crippen LogP contribution in [-0.4, -0.2) is 12.6 Å². The molecule has 0 aliphatic rings. The molecule has 1 aromatic carbocycles. The van der Waals surface area contributed by atoms with E-state index < -0.39 is 34.8 Å². The summed E-state index contributed by atoms with van der Waals surface area (Å²) in [5, 5.41) is 0. The van der Waals surface area contributed by atoms with E-state index in [4.69, 9.17) is 5.73 Å². The third-order valence-corrected chi connectivity index (χ3v) is 1.92. The van der Waals surface area contributed by atoms with Gasteiger partial charge in [-0.15, -0.1) is 0 Å². The number of nitrogens with two attached hydrogens (primary N) is 1. The second kappa shape index (κ2) is 4.60. The van der Waals surface area contributed by atoms with Crippen molar-refractivity contribution in [2.24, 2.45) is 0 Å². The quantitative estimate of drug-likeness (QED) is 0.499. The normalized spacial score (nSPS) is 11.4. The zero-order valence-corrected chi connectivity index (χ0v) is 8.77. The lowest BCUT2D eigenvalue weighted by molar-refractivity contribution is -0.138. The number of hydrogen-bond acceptors (Lipinski definition) is 3. The van der Waals surface area contributed by atoms with Crippen molar-refractivity contribution >= 4 is 11.7 Å². The Labute approximate surface area is 94.2 Å². The van der Waals surface area contributed by atoms with Crippen molar-refractivity contribution in [2.45, 2.75) is 13.1 Å². The molecule has 0 aliphatic heterocycles. The third kappa shape index (κ3) is 2.86. The lowest BCUT2D eigenvalue weighted by atomic mass is 10.0. The molecule has 0 fully saturated rings. The van der Waals surface area contributed by atoms with Crippen LogP contribution in [0.3, 0.4) is 0 Å². The molecule has 7 heteroatoms. The highest BCUT2D eigenvalue weighted by Crippen LogP contribution is 2.35. The average molecular weight is 251 g/mol. The maximum absolute atomic E-state index is 12.9. The van der Waals surface area contributed by atoms with Crippen molar-refractivity contribution in [1.82, 2.24) is 0 Å². The minimum Gasteiger partial charge on any atom is -0.462 e. The number of benzene rings is 1. The summed E-state index contributed by atoms with van der Waals surface area (Å²) in [7, 11) is 0. The number of carbonyl (C=O) groups excluding carboxylic acids is 1. The highest BCUT2D eigenvalue weighted by Gasteiger charge is 2.37. The molecular formula is C10H9F4NO2. The number of anilines is 1. The number of carbonyl (C=O) groups is 1. The van der Waals surface area contributed by atoms with Gasteiger partial charge in [-0.1, -0.05) is 0 Å². The summed E-state index contributed by atoms with van der Waals surface area (Å²) in [6, 6.07) is 0.851. The molecule has 0 radical (unpaired) electrons. The Morgan fingerprint density at radius 2 is 2.00 bits per heavy atom. The summed E-state index contributed by atoms with van der Waals surface area (Å²) in [6.07, 6.45) is -4.88. The molecule has 0 spiro atoms. The standard InChI is InChI=1S/C10H9F4NO2/c1-2-17-9(16)8-6(10(12,13)14)3-5(11)4-7(8)15/h3-4H,2,15H2,1H3. The second-order valence-electron chi connectivity index (χ2n) is 3.14. The van der Waals surface area contributed by atoms with E-state index in [1.807, 2.05) is 0 Å². The monoisotopic (exact) mass is 251 g/mol. The van der Waals surface area contributed by atoms with Crippen LogP contribution < -0.4 is 5.73 Å². The largest absolute Gasteiger partial charge is 0.462 e. The molecular weight excluding hydrogens is 242 g/mol. The van der Waals surface area contributed by atoms with Gasteiger partial charge in [-0.2, -0.15) is 13.2 Å². The van der Waals surface area contributed by atoms with Crippen LogP contribution in [0.15, 0.2) is 12.1 Å². The van der Waals surface area contributed by atoms with E-state index in [1.165, 1.54) is 6.92 Å². The molecule has 0 bridgehead atoms. The first-order valence-electron chi connectivity index (χ1n) is 4.60. The van der Waals surface area contributed by atoms with Gasteiger partial charge in [-0.05, 0) is 19.1 Å². The van der Waals surface area contributed by atoms with Crippen LogP contribution in [0.2, 0.25) is 0 Å². The van der Waals surface area contributed by atoms with Gasteiger partial charge < -0.3 is 10.5 Å². The van der Waals surface area contributed by atoms with E-state index in [0.29, 0.717) is 6.07 Å². The molecule has 3 nitrogen and oxygen atoms in total. The van der Waals surface area contributed by atoms with E-state index in [1.54, 1.807) is 0 Å². The summed E-state index contributed by atoms with van der Waals surface area (Å²) in [5.41, 5.74) is 2.31. The highest BCUT2D eigenvalue weighted by atomic mass is 19.4. The number of esters is 1. The Kier molecular flexibility index (Phi) is 3.59. The van der Waals surface area contributed by atoms with Crippen LogP contribution in [0.25, 0.3) is 0 Å². The van der Waals surface area contributed by atoms with Gasteiger partial charge in [-0.25, -0.2) is 9.18 Å². The topological polar surface area (TPSA) is 52.3 Å². The first-order valence-corrected chi connectivity index (χ1v) is 4.60. The van der Waals surface area contributed by atoms with E-state index in [2.05, 4.69) is 4.74 Å². The van der Waals surface area contributed by atoms with Crippen LogP contribution in [0.1, 0.15) is 22.8 Å². The van der Waals surface area contributed by atoms with Crippen molar-refractivity contribution in [3.05, 3.63) is 29.1 Å². The third-order valence-electron chi connectivity index (χ3n) is 1.92. The van der Waals surface area contributed by atoms with Crippen molar-refractivity contribution < 1.29 is 27.1 Å². The second-order valence-corrected chi connectivity index (χ2v) is 3.14. The first-order chi connectivity index (χ1) is 7.77. The lowest BCUT2D eigenvalue weighted by Crippen LogP contribution is -2.17. The Bertz CT molecular complexity index is 443. The van der Waals surface area contributed by atoms with Crippen LogP contribution in [-0.2, 0) is 10.9 Å². The average Bonchev–Trinajstić information content (AvgIpc) is 2.15. The number of nitrogen functional groups attached to an aromatic ring is 1. The lowest BCUT2D eigenvalue weighted by Gasteiger charge is -2.14. The van der Waals surface area contributed by atoms with Gasteiger partial charge in [0.1, 0.15) is 5.82 Å². The number of halogens is 4. The van der Waals surface area contributed by atoms with Crippen LogP contribution in [0, 0.1) is 5.82 Å². The molecule has 2 N–H and O–H groups in total. The molecule has 0 saturated heterocycles. The zero-order chi connectivity index (χ0) is 13.2. The number of alkyl halides is 3. The van der Waals surface area contributed by atoms with Crippen molar-refractivity contribution in [1.29, 1.82) is 0 Å². The van der Waals surface area contributed by atoms with Crippen LogP contribution >= 0.6 is 0 Å². The summed E-state index contributed by atoms with van der Waals surface area (Å²) < 4.78 is 55.0. The van der Waals surface area contributed by atoms with E-state index in [9.17, 15) is 22.4 Å². The van der Waals surface area contributed by atoms with Gasteiger partial charge in [0.2, 0.25) is 0 Å². The molecule has 1 aromatic rings. The number of ether oxygens (including phenoxy) is 1. The minimum atomic E-state index is -4.88. The van der Waals surface area contributed by atoms with Crippen molar-refractivity contribution in [3.8, 4) is 0 Å². The first kappa shape index (κ1) is 13.3. The molecule has 1 rings (SSSR count). The van der Waals surface area contributed by atoms with E-state index in [-0.39, 0.29) is 12.7 Å². The molecule has 17 heavy (non-hydrogen) atoms. The SMILES string of the molecule is CCOC(=O)c1c(N)cc(F)cc1C(F)(F)F. The van der Waals surface area contributed by atoms with Crippen molar-refractivity contribution in [2.75, 3.05) is 12.3 Å². The fraction of sp³-hybridized carbons (Fsp3) is 0.300. The van der Waals surface area contributed by atoms with Crippen LogP contribution in [0.4, 0.5) is 23.2 Å². The number of hydrogen-bond donors (Lipinski definition) is 1. The maximum Gasteiger partial charge on any atom is 0.417 e. The van der Waals surface area contributed by atoms with Gasteiger partial charge in [0.25, 0.3) is 0 Å². The van der Waals surface area contributed by atoms with Gasteiger partial charge in [-0.3, -0.25) is 0 Å². The fourth-order valence-corrected chi connectivity index (χ4v) is 1.28. The highest BCUT2D eigenvalue weighted by molar-refractivity contribution is 5.97. The fourth-order valence-electron chi connectivity index (χ4n) is 1.28. The van der Waals surface area contributed by atoms with E-state index >= 15 is 0 Å². The smallest absolute Gasteiger partial charge is 0.417 e. The Morgan fingerprint density at radius 3 is 2.47 bits per heavy atom. The van der Waals surface area contributed by atoms with Crippen molar-refractivity contribution in [3.63, 3.8) is 0 Å². The van der Waals surface area contributed by atoms with Gasteiger partial charge in [0.05, 0.1) is 17.7 Å². The predicted octanol–water partition coefficient (Wildman–Crippen LogP) is 2.60. The maximum atomic E-state index is 12.9. The minimum absolute atomic E-state index is 0.104. The molecule has 0 saturated carbocycles. The van der Waals surface area contributed by atoms with Gasteiger partial charge in [0.15, 0.2) is 0 Å². The molecule has 0 atom stereocenters. The Morgan fingerprint density at radius 1 is 1.41 bits per heavy atom. The molecule has 0 heterocycles. The Balaban J connectivity index is 3.41. The number of rotatable bonds is 2. The summed E-state index contributed by atoms with van der Waals surface area (Å²) in [4.78, 5) is 11.3. The molecule has 0 aromatic heterocycles. The molecule has 0 aliphatic carbocycles. The van der Waals surface area contributed by atoms with E-state index in [0.717, 1.165) is 0 Å². The summed E-state index contributed by atoms with van der Waals surface area (Å²) in [6.45, 7) is 1.33. The van der Waals surface area contributed by atoms with Gasteiger partial charge in [0, 0.05) is 5.69 Å². The van der Waals surface area contributed by atoms with Crippen LogP contribution in [0.5, 0.6) is 0 Å². The summed E-state index contributed by atoms with van der Waals surface area (Å²) in [5.74, 6) is -2.39. The summed E-state index contributed by atoms with van der Waals surface area (Å²) >= 11 is 0. The predicted molar refractivity (Wildman–Crippen MR) is 51.8 cm³/mol. The Hall–Kier alpha value is -1.79. The zero-order valence-electron chi connectivity index (χ0n) is 8.77. The van der Waals surface area contributed by atoms with Gasteiger partial charge >= 0.3 is 12.1 Å². The molecule has 0 unspecified atom stereocenters.